The van der Waals surface area contributed by atoms with Crippen LogP contribution in [-0.2, 0) is 6.42 Å². The molecule has 5 heteroatoms. The second-order valence-corrected chi connectivity index (χ2v) is 5.78. The third kappa shape index (κ3) is 2.96. The van der Waals surface area contributed by atoms with Gasteiger partial charge in [-0.3, -0.25) is 0 Å². The minimum Gasteiger partial charge on any atom is -0.206 e. The van der Waals surface area contributed by atoms with Gasteiger partial charge in [-0.05, 0) is 47.2 Å². The molecule has 0 aliphatic carbocycles. The summed E-state index contributed by atoms with van der Waals surface area (Å²) in [6, 6.07) is 8.95. The Morgan fingerprint density at radius 1 is 0.920 bits per heavy atom. The predicted octanol–water partition coefficient (Wildman–Crippen LogP) is 5.89. The average molecular weight is 343 g/mol. The molecule has 3 aromatic carbocycles. The van der Waals surface area contributed by atoms with Crippen molar-refractivity contribution >= 4 is 10.8 Å². The highest BCUT2D eigenvalue weighted by Crippen LogP contribution is 2.32. The first-order valence-corrected chi connectivity index (χ1v) is 7.76. The van der Waals surface area contributed by atoms with Crippen LogP contribution in [0.4, 0.5) is 17.6 Å². The number of nitrogens with zero attached hydrogens (tertiary/aromatic N) is 1. The van der Waals surface area contributed by atoms with Gasteiger partial charge in [0, 0.05) is 5.39 Å². The van der Waals surface area contributed by atoms with E-state index in [-0.39, 0.29) is 21.9 Å². The average Bonchev–Trinajstić information content (AvgIpc) is 2.54. The summed E-state index contributed by atoms with van der Waals surface area (Å²) in [6.07, 6.45) is 1.31. The van der Waals surface area contributed by atoms with Crippen LogP contribution < -0.4 is 0 Å². The first kappa shape index (κ1) is 17.0. The monoisotopic (exact) mass is 343 g/mol. The summed E-state index contributed by atoms with van der Waals surface area (Å²) in [6.45, 7) is 1.91. The van der Waals surface area contributed by atoms with E-state index < -0.39 is 28.8 Å². The number of hydrogen-bond donors (Lipinski definition) is 0. The highest BCUT2D eigenvalue weighted by Gasteiger charge is 2.17. The van der Waals surface area contributed by atoms with E-state index in [0.717, 1.165) is 12.5 Å². The Labute approximate surface area is 142 Å². The molecule has 126 valence electrons. The van der Waals surface area contributed by atoms with Gasteiger partial charge in [-0.2, -0.15) is 5.26 Å². The Hall–Kier alpha value is -2.87. The lowest BCUT2D eigenvalue weighted by Crippen LogP contribution is -1.96. The third-order valence-corrected chi connectivity index (χ3v) is 4.07. The van der Waals surface area contributed by atoms with Gasteiger partial charge < -0.3 is 0 Å². The van der Waals surface area contributed by atoms with Crippen molar-refractivity contribution in [3.05, 3.63) is 70.8 Å². The molecule has 25 heavy (non-hydrogen) atoms. The van der Waals surface area contributed by atoms with E-state index in [1.54, 1.807) is 0 Å². The van der Waals surface area contributed by atoms with Crippen LogP contribution in [0.5, 0.6) is 0 Å². The molecule has 0 aliphatic rings. The molecule has 1 nitrogen and oxygen atoms in total. The third-order valence-electron chi connectivity index (χ3n) is 4.07. The van der Waals surface area contributed by atoms with Crippen molar-refractivity contribution in [1.29, 1.82) is 5.26 Å². The maximum atomic E-state index is 14.4. The van der Waals surface area contributed by atoms with E-state index >= 15 is 0 Å². The largest absolute Gasteiger partial charge is 0.206 e. The van der Waals surface area contributed by atoms with Crippen molar-refractivity contribution in [2.45, 2.75) is 19.8 Å². The Bertz CT molecular complexity index is 995. The topological polar surface area (TPSA) is 23.8 Å². The van der Waals surface area contributed by atoms with E-state index in [0.29, 0.717) is 12.0 Å². The van der Waals surface area contributed by atoms with Crippen LogP contribution in [0.15, 0.2) is 36.4 Å². The Balaban J connectivity index is 2.20. The van der Waals surface area contributed by atoms with Gasteiger partial charge >= 0.3 is 0 Å². The fraction of sp³-hybridized carbons (Fsp3) is 0.150. The molecule has 0 aliphatic heterocycles. The Morgan fingerprint density at radius 2 is 1.60 bits per heavy atom. The summed E-state index contributed by atoms with van der Waals surface area (Å²) in [5.74, 6) is -3.44. The van der Waals surface area contributed by atoms with E-state index in [2.05, 4.69) is 0 Å². The van der Waals surface area contributed by atoms with Crippen LogP contribution in [-0.4, -0.2) is 0 Å². The maximum Gasteiger partial charge on any atom is 0.151 e. The molecule has 3 aromatic rings. The molecule has 0 radical (unpaired) electrons. The highest BCUT2D eigenvalue weighted by atomic mass is 19.1. The molecule has 0 N–H and O–H groups in total. The minimum absolute atomic E-state index is 0.0186. The standard InChI is InChI=1S/C20H13F4N/c1-2-3-11-6-17(22)19(18(23)7-11)12-4-5-14-13(8-12)9-16(21)15(10-25)20(14)24/h4-9H,2-3H2,1H3. The lowest BCUT2D eigenvalue weighted by atomic mass is 9.97. The number of benzene rings is 3. The zero-order chi connectivity index (χ0) is 18.1. The summed E-state index contributed by atoms with van der Waals surface area (Å²) >= 11 is 0. The van der Waals surface area contributed by atoms with Gasteiger partial charge in [0.1, 0.15) is 29.1 Å². The molecule has 3 rings (SSSR count). The SMILES string of the molecule is CCCc1cc(F)c(-c2ccc3c(F)c(C#N)c(F)cc3c2)c(F)c1. The van der Waals surface area contributed by atoms with Gasteiger partial charge in [-0.15, -0.1) is 0 Å². The number of hydrogen-bond acceptors (Lipinski definition) is 1. The highest BCUT2D eigenvalue weighted by molar-refractivity contribution is 5.89. The molecule has 0 unspecified atom stereocenters. The van der Waals surface area contributed by atoms with E-state index in [1.807, 2.05) is 6.92 Å². The van der Waals surface area contributed by atoms with Crippen molar-refractivity contribution < 1.29 is 17.6 Å². The van der Waals surface area contributed by atoms with Crippen LogP contribution in [0, 0.1) is 34.6 Å². The van der Waals surface area contributed by atoms with Gasteiger partial charge in [-0.25, -0.2) is 17.6 Å². The lowest BCUT2D eigenvalue weighted by molar-refractivity contribution is 0.585. The number of aryl methyl sites for hydroxylation is 1. The van der Waals surface area contributed by atoms with Crippen LogP contribution in [0.2, 0.25) is 0 Å². The summed E-state index contributed by atoms with van der Waals surface area (Å²) in [4.78, 5) is 0. The summed E-state index contributed by atoms with van der Waals surface area (Å²) in [7, 11) is 0. The number of fused-ring (bicyclic) bond motifs is 1. The molecular weight excluding hydrogens is 330 g/mol. The molecule has 0 spiro atoms. The summed E-state index contributed by atoms with van der Waals surface area (Å²) in [5.41, 5.74) is -0.194. The van der Waals surface area contributed by atoms with Crippen molar-refractivity contribution in [1.82, 2.24) is 0 Å². The predicted molar refractivity (Wildman–Crippen MR) is 87.9 cm³/mol. The smallest absolute Gasteiger partial charge is 0.151 e. The van der Waals surface area contributed by atoms with E-state index in [9.17, 15) is 17.6 Å². The first-order chi connectivity index (χ1) is 12.0. The van der Waals surface area contributed by atoms with E-state index in [1.165, 1.54) is 36.4 Å². The Morgan fingerprint density at radius 3 is 2.20 bits per heavy atom. The van der Waals surface area contributed by atoms with Gasteiger partial charge in [0.2, 0.25) is 0 Å². The van der Waals surface area contributed by atoms with Gasteiger partial charge in [0.15, 0.2) is 5.82 Å². The van der Waals surface area contributed by atoms with Crippen LogP contribution in [0.25, 0.3) is 21.9 Å². The second kappa shape index (κ2) is 6.56. The number of nitriles is 1. The summed E-state index contributed by atoms with van der Waals surface area (Å²) in [5, 5.41) is 8.95. The fourth-order valence-corrected chi connectivity index (χ4v) is 2.92. The quantitative estimate of drug-likeness (QED) is 0.544. The van der Waals surface area contributed by atoms with Crippen molar-refractivity contribution in [2.75, 3.05) is 0 Å². The Kier molecular flexibility index (Phi) is 4.45. The fourth-order valence-electron chi connectivity index (χ4n) is 2.92. The number of halogens is 4. The zero-order valence-corrected chi connectivity index (χ0v) is 13.3. The first-order valence-electron chi connectivity index (χ1n) is 7.76. The van der Waals surface area contributed by atoms with Crippen LogP contribution in [0.3, 0.4) is 0 Å². The zero-order valence-electron chi connectivity index (χ0n) is 13.3. The van der Waals surface area contributed by atoms with Crippen LogP contribution in [0.1, 0.15) is 24.5 Å². The minimum atomic E-state index is -1.01. The summed E-state index contributed by atoms with van der Waals surface area (Å²) < 4.78 is 56.7. The molecule has 0 aromatic heterocycles. The number of rotatable bonds is 3. The van der Waals surface area contributed by atoms with Gasteiger partial charge in [-0.1, -0.05) is 25.5 Å². The van der Waals surface area contributed by atoms with Crippen molar-refractivity contribution in [3.8, 4) is 17.2 Å². The molecular formula is C20H13F4N. The molecule has 0 bridgehead atoms. The molecule has 0 amide bonds. The van der Waals surface area contributed by atoms with Crippen molar-refractivity contribution in [2.24, 2.45) is 0 Å². The normalized spacial score (nSPS) is 10.9. The van der Waals surface area contributed by atoms with Crippen LogP contribution >= 0.6 is 0 Å². The second-order valence-electron chi connectivity index (χ2n) is 5.78. The molecule has 0 atom stereocenters. The van der Waals surface area contributed by atoms with Gasteiger partial charge in [0.25, 0.3) is 0 Å². The lowest BCUT2D eigenvalue weighted by Gasteiger charge is -2.10. The van der Waals surface area contributed by atoms with E-state index in [4.69, 9.17) is 5.26 Å². The molecule has 0 saturated carbocycles. The maximum absolute atomic E-state index is 14.4. The molecule has 0 saturated heterocycles. The molecule has 0 heterocycles. The van der Waals surface area contributed by atoms with Gasteiger partial charge in [0.05, 0.1) is 5.56 Å². The van der Waals surface area contributed by atoms with Crippen molar-refractivity contribution in [3.63, 3.8) is 0 Å². The molecule has 0 fully saturated rings.